The minimum Gasteiger partial charge on any atom is -0.489 e. The van der Waals surface area contributed by atoms with Crippen molar-refractivity contribution in [2.75, 3.05) is 5.32 Å². The van der Waals surface area contributed by atoms with Crippen molar-refractivity contribution in [1.82, 2.24) is 14.8 Å². The molecule has 222 valence electrons. The Bertz CT molecular complexity index is 1780. The zero-order chi connectivity index (χ0) is 30.5. The minimum atomic E-state index is -0.608. The summed E-state index contributed by atoms with van der Waals surface area (Å²) in [5.74, 6) is 0.859. The number of nitrogens with zero attached hydrogens (tertiary/aromatic N) is 3. The van der Waals surface area contributed by atoms with E-state index in [1.54, 1.807) is 28.9 Å². The lowest BCUT2D eigenvalue weighted by molar-refractivity contribution is -0.140. The fraction of sp³-hybridized carbons (Fsp3) is 0.147. The molecule has 2 heterocycles. The van der Waals surface area contributed by atoms with E-state index in [1.807, 2.05) is 67.6 Å². The largest absolute Gasteiger partial charge is 0.489 e. The third-order valence-corrected chi connectivity index (χ3v) is 8.38. The second-order valence-corrected chi connectivity index (χ2v) is 11.5. The zero-order valence-corrected chi connectivity index (χ0v) is 25.3. The fourth-order valence-electron chi connectivity index (χ4n) is 4.86. The summed E-state index contributed by atoms with van der Waals surface area (Å²) < 4.78 is 27.6. The lowest BCUT2D eigenvalue weighted by Gasteiger charge is -2.28. The van der Waals surface area contributed by atoms with E-state index in [4.69, 9.17) is 31.2 Å². The predicted molar refractivity (Wildman–Crippen MR) is 169 cm³/mol. The Kier molecular flexibility index (Phi) is 8.95. The molecule has 0 saturated heterocycles. The number of anilines is 1. The van der Waals surface area contributed by atoms with Gasteiger partial charge >= 0.3 is 5.97 Å². The summed E-state index contributed by atoms with van der Waals surface area (Å²) in [7, 11) is 0. The van der Waals surface area contributed by atoms with Crippen LogP contribution in [0.5, 0.6) is 5.75 Å². The van der Waals surface area contributed by atoms with Crippen LogP contribution < -0.4 is 10.1 Å². The van der Waals surface area contributed by atoms with Crippen LogP contribution in [0.4, 0.5) is 10.3 Å². The molecule has 0 radical (unpaired) electrons. The molecule has 1 atom stereocenters. The molecule has 1 aromatic heterocycles. The summed E-state index contributed by atoms with van der Waals surface area (Å²) in [5, 5.41) is 8.93. The van der Waals surface area contributed by atoms with E-state index < -0.39 is 17.8 Å². The average molecular weight is 627 g/mol. The van der Waals surface area contributed by atoms with Gasteiger partial charge in [-0.3, -0.25) is 0 Å². The van der Waals surface area contributed by atoms with Gasteiger partial charge in [-0.2, -0.15) is 4.98 Å². The molecule has 1 unspecified atom stereocenters. The first-order valence-electron chi connectivity index (χ1n) is 13.9. The third-order valence-electron chi connectivity index (χ3n) is 7.12. The van der Waals surface area contributed by atoms with Crippen LogP contribution in [0.1, 0.15) is 35.2 Å². The topological polar surface area (TPSA) is 78.3 Å². The van der Waals surface area contributed by atoms with E-state index in [0.29, 0.717) is 38.9 Å². The molecular formula is C34H28ClFN4O3S. The molecule has 1 N–H and O–H groups in total. The molecule has 0 aliphatic carbocycles. The van der Waals surface area contributed by atoms with Gasteiger partial charge < -0.3 is 14.8 Å². The predicted octanol–water partition coefficient (Wildman–Crippen LogP) is 7.97. The number of halogens is 2. The summed E-state index contributed by atoms with van der Waals surface area (Å²) in [5.41, 5.74) is 4.15. The fourth-order valence-corrected chi connectivity index (χ4v) is 5.86. The number of allylic oxidation sites excluding steroid dienone is 1. The second kappa shape index (κ2) is 13.4. The molecule has 1 aliphatic rings. The number of hydrogen-bond acceptors (Lipinski definition) is 7. The average Bonchev–Trinajstić information content (AvgIpc) is 3.45. The van der Waals surface area contributed by atoms with Gasteiger partial charge in [0, 0.05) is 17.0 Å². The smallest absolute Gasteiger partial charge is 0.338 e. The van der Waals surface area contributed by atoms with Crippen LogP contribution in [0.2, 0.25) is 5.02 Å². The molecule has 0 amide bonds. The molecule has 0 spiro atoms. The number of esters is 1. The molecule has 6 rings (SSSR count). The quantitative estimate of drug-likeness (QED) is 0.124. The lowest BCUT2D eigenvalue weighted by atomic mass is 9.95. The minimum absolute atomic E-state index is 0.0243. The highest BCUT2D eigenvalue weighted by molar-refractivity contribution is 7.98. The first-order valence-corrected chi connectivity index (χ1v) is 15.3. The van der Waals surface area contributed by atoms with Crippen molar-refractivity contribution in [2.24, 2.45) is 0 Å². The molecule has 0 bridgehead atoms. The highest BCUT2D eigenvalue weighted by Crippen LogP contribution is 2.38. The van der Waals surface area contributed by atoms with Gasteiger partial charge in [0.05, 0.1) is 10.6 Å². The number of benzene rings is 4. The Hall–Kier alpha value is -4.60. The Balaban J connectivity index is 1.27. The number of ether oxygens (including phenoxy) is 2. The highest BCUT2D eigenvalue weighted by atomic mass is 35.5. The van der Waals surface area contributed by atoms with Crippen molar-refractivity contribution in [2.45, 2.75) is 37.1 Å². The molecule has 0 saturated carbocycles. The molecule has 4 aromatic carbocycles. The summed E-state index contributed by atoms with van der Waals surface area (Å²) in [6.45, 7) is 1.94. The Labute approximate surface area is 263 Å². The molecule has 7 nitrogen and oxygen atoms in total. The first-order chi connectivity index (χ1) is 21.5. The van der Waals surface area contributed by atoms with E-state index in [1.165, 1.54) is 17.8 Å². The van der Waals surface area contributed by atoms with E-state index in [0.717, 1.165) is 16.7 Å². The summed E-state index contributed by atoms with van der Waals surface area (Å²) >= 11 is 7.67. The number of rotatable bonds is 10. The number of hydrogen-bond donors (Lipinski definition) is 1. The number of nitrogens with one attached hydrogen (secondary N) is 1. The Morgan fingerprint density at radius 2 is 1.64 bits per heavy atom. The van der Waals surface area contributed by atoms with E-state index >= 15 is 0 Å². The number of carbonyl (C=O) groups is 1. The van der Waals surface area contributed by atoms with Gasteiger partial charge in [0.25, 0.3) is 0 Å². The maximum absolute atomic E-state index is 14.2. The van der Waals surface area contributed by atoms with Crippen LogP contribution in [-0.2, 0) is 28.5 Å². The zero-order valence-electron chi connectivity index (χ0n) is 23.7. The summed E-state index contributed by atoms with van der Waals surface area (Å²) in [6, 6.07) is 30.8. The lowest BCUT2D eigenvalue weighted by Crippen LogP contribution is -2.29. The third kappa shape index (κ3) is 6.64. The van der Waals surface area contributed by atoms with Gasteiger partial charge in [-0.1, -0.05) is 102 Å². The molecule has 44 heavy (non-hydrogen) atoms. The standard InChI is InChI=1S/C34H28ClFN4O3S/c1-22-30(32(41)43-19-23-9-4-2-5-10-23)31(40-33(37-22)38-34(39-40)44-21-24-11-6-3-7-12-24)25-15-17-26(18-16-25)42-20-27-28(35)13-8-14-29(27)36/h2-18,31H,19-21H2,1H3,(H,37,38,39). The van der Waals surface area contributed by atoms with Gasteiger partial charge in [0.15, 0.2) is 0 Å². The SMILES string of the molecule is CC1=C(C(=O)OCc2ccccc2)C(c2ccc(OCc3c(F)cccc3Cl)cc2)n2nc(SCc3ccccc3)nc2N1. The van der Waals surface area contributed by atoms with Crippen LogP contribution in [0, 0.1) is 5.82 Å². The van der Waals surface area contributed by atoms with Crippen molar-refractivity contribution >= 4 is 35.3 Å². The number of aromatic nitrogens is 3. The summed E-state index contributed by atoms with van der Waals surface area (Å²) in [6.07, 6.45) is 0. The maximum atomic E-state index is 14.2. The molecule has 10 heteroatoms. The van der Waals surface area contributed by atoms with Crippen LogP contribution in [0.15, 0.2) is 120 Å². The maximum Gasteiger partial charge on any atom is 0.338 e. The van der Waals surface area contributed by atoms with Gasteiger partial charge in [0.2, 0.25) is 11.1 Å². The number of carbonyl (C=O) groups excluding carboxylic acids is 1. The normalized spacial score (nSPS) is 14.1. The summed E-state index contributed by atoms with van der Waals surface area (Å²) in [4.78, 5) is 18.3. The molecule has 1 aliphatic heterocycles. The monoisotopic (exact) mass is 626 g/mol. The van der Waals surface area contributed by atoms with Gasteiger partial charge in [-0.05, 0) is 47.9 Å². The van der Waals surface area contributed by atoms with Crippen molar-refractivity contribution in [3.8, 4) is 5.75 Å². The Morgan fingerprint density at radius 3 is 2.34 bits per heavy atom. The van der Waals surface area contributed by atoms with Gasteiger partial charge in [-0.25, -0.2) is 13.9 Å². The van der Waals surface area contributed by atoms with E-state index in [9.17, 15) is 9.18 Å². The van der Waals surface area contributed by atoms with Crippen LogP contribution >= 0.6 is 23.4 Å². The molecule has 5 aromatic rings. The van der Waals surface area contributed by atoms with Crippen molar-refractivity contribution in [3.63, 3.8) is 0 Å². The molecule has 0 fully saturated rings. The van der Waals surface area contributed by atoms with Crippen molar-refractivity contribution in [3.05, 3.63) is 147 Å². The first kappa shape index (κ1) is 29.5. The number of fused-ring (bicyclic) bond motifs is 1. The van der Waals surface area contributed by atoms with Gasteiger partial charge in [0.1, 0.15) is 30.8 Å². The second-order valence-electron chi connectivity index (χ2n) is 10.1. The van der Waals surface area contributed by atoms with Gasteiger partial charge in [-0.15, -0.1) is 5.10 Å². The molecular weight excluding hydrogens is 599 g/mol. The van der Waals surface area contributed by atoms with Crippen LogP contribution in [0.3, 0.4) is 0 Å². The van der Waals surface area contributed by atoms with Crippen molar-refractivity contribution in [1.29, 1.82) is 0 Å². The van der Waals surface area contributed by atoms with Crippen LogP contribution in [0.25, 0.3) is 0 Å². The van der Waals surface area contributed by atoms with E-state index in [2.05, 4.69) is 17.4 Å². The Morgan fingerprint density at radius 1 is 0.932 bits per heavy atom. The highest BCUT2D eigenvalue weighted by Gasteiger charge is 2.35. The van der Waals surface area contributed by atoms with Crippen molar-refractivity contribution < 1.29 is 18.7 Å². The van der Waals surface area contributed by atoms with Crippen LogP contribution in [-0.4, -0.2) is 20.7 Å². The number of thioether (sulfide) groups is 1. The van der Waals surface area contributed by atoms with E-state index in [-0.39, 0.29) is 18.8 Å².